The van der Waals surface area contributed by atoms with E-state index < -0.39 is 0 Å². The summed E-state index contributed by atoms with van der Waals surface area (Å²) in [6.45, 7) is 2.91. The number of aromatic hydroxyl groups is 1. The lowest BCUT2D eigenvalue weighted by atomic mass is 9.97. The molecule has 4 heteroatoms. The number of hydrogen-bond donors (Lipinski definition) is 2. The van der Waals surface area contributed by atoms with Gasteiger partial charge in [0.15, 0.2) is 0 Å². The second-order valence-electron chi connectivity index (χ2n) is 5.50. The van der Waals surface area contributed by atoms with Crippen molar-refractivity contribution >= 4 is 23.2 Å². The van der Waals surface area contributed by atoms with Crippen molar-refractivity contribution in [2.24, 2.45) is 5.92 Å². The first-order valence-corrected chi connectivity index (χ1v) is 7.74. The zero-order valence-electron chi connectivity index (χ0n) is 11.3. The van der Waals surface area contributed by atoms with Crippen molar-refractivity contribution in [3.05, 3.63) is 27.7 Å². The smallest absolute Gasteiger partial charge is 0.138 e. The molecule has 19 heavy (non-hydrogen) atoms. The lowest BCUT2D eigenvalue weighted by Crippen LogP contribution is -2.33. The van der Waals surface area contributed by atoms with Crippen molar-refractivity contribution in [1.29, 1.82) is 0 Å². The summed E-state index contributed by atoms with van der Waals surface area (Å²) in [7, 11) is 0. The van der Waals surface area contributed by atoms with Crippen LogP contribution in [-0.4, -0.2) is 11.1 Å². The van der Waals surface area contributed by atoms with Gasteiger partial charge in [0.05, 0.1) is 5.02 Å². The van der Waals surface area contributed by atoms with Crippen LogP contribution in [0.15, 0.2) is 12.1 Å². The van der Waals surface area contributed by atoms with Crippen LogP contribution in [0.2, 0.25) is 10.0 Å². The summed E-state index contributed by atoms with van der Waals surface area (Å²) >= 11 is 11.9. The first kappa shape index (κ1) is 15.0. The molecule has 0 aromatic heterocycles. The minimum Gasteiger partial charge on any atom is -0.506 e. The molecule has 0 heterocycles. The number of nitrogens with one attached hydrogen (secondary N) is 1. The van der Waals surface area contributed by atoms with Crippen LogP contribution in [0, 0.1) is 5.92 Å². The fourth-order valence-corrected chi connectivity index (χ4v) is 3.33. The molecule has 1 aromatic carbocycles. The quantitative estimate of drug-likeness (QED) is 0.789. The number of benzene rings is 1. The number of phenolic OH excluding ortho intramolecular Hbond substituents is 1. The molecule has 1 aliphatic rings. The van der Waals surface area contributed by atoms with Gasteiger partial charge >= 0.3 is 0 Å². The van der Waals surface area contributed by atoms with E-state index in [2.05, 4.69) is 12.2 Å². The van der Waals surface area contributed by atoms with Gasteiger partial charge in [-0.1, -0.05) is 49.4 Å². The van der Waals surface area contributed by atoms with Gasteiger partial charge in [-0.15, -0.1) is 0 Å². The van der Waals surface area contributed by atoms with E-state index in [9.17, 15) is 5.11 Å². The fraction of sp³-hybridized carbons (Fsp3) is 0.600. The molecule has 2 nitrogen and oxygen atoms in total. The van der Waals surface area contributed by atoms with Gasteiger partial charge in [0, 0.05) is 23.2 Å². The normalized spacial score (nSPS) is 24.2. The van der Waals surface area contributed by atoms with Crippen LogP contribution < -0.4 is 5.32 Å². The molecular weight excluding hydrogens is 281 g/mol. The maximum absolute atomic E-state index is 9.94. The lowest BCUT2D eigenvalue weighted by molar-refractivity contribution is 0.353. The number of phenols is 1. The zero-order chi connectivity index (χ0) is 13.8. The van der Waals surface area contributed by atoms with Gasteiger partial charge in [-0.2, -0.15) is 0 Å². The Hall–Kier alpha value is -0.440. The molecule has 1 saturated carbocycles. The lowest BCUT2D eigenvalue weighted by Gasteiger charge is -2.23. The van der Waals surface area contributed by atoms with Gasteiger partial charge in [0.25, 0.3) is 0 Å². The van der Waals surface area contributed by atoms with E-state index in [0.29, 0.717) is 28.5 Å². The van der Waals surface area contributed by atoms with E-state index in [1.54, 1.807) is 12.1 Å². The topological polar surface area (TPSA) is 32.3 Å². The Labute approximate surface area is 125 Å². The van der Waals surface area contributed by atoms with Crippen LogP contribution in [0.25, 0.3) is 0 Å². The molecule has 2 unspecified atom stereocenters. The SMILES string of the molecule is CC1CCCCCC1NCc1cc(Cl)cc(Cl)c1O. The molecule has 0 amide bonds. The van der Waals surface area contributed by atoms with E-state index in [0.717, 1.165) is 5.56 Å². The van der Waals surface area contributed by atoms with Crippen LogP contribution in [0.1, 0.15) is 44.6 Å². The van der Waals surface area contributed by atoms with Crippen LogP contribution in [-0.2, 0) is 6.54 Å². The maximum atomic E-state index is 9.94. The van der Waals surface area contributed by atoms with Crippen molar-refractivity contribution in [1.82, 2.24) is 5.32 Å². The molecule has 0 spiro atoms. The Kier molecular flexibility index (Phi) is 5.37. The minimum atomic E-state index is 0.139. The maximum Gasteiger partial charge on any atom is 0.138 e. The van der Waals surface area contributed by atoms with Crippen molar-refractivity contribution in [2.45, 2.75) is 51.6 Å². The highest BCUT2D eigenvalue weighted by molar-refractivity contribution is 6.35. The molecular formula is C15H21Cl2NO. The number of hydrogen-bond acceptors (Lipinski definition) is 2. The molecule has 0 saturated heterocycles. The van der Waals surface area contributed by atoms with E-state index in [1.807, 2.05) is 0 Å². The average Bonchev–Trinajstić information content (AvgIpc) is 2.57. The average molecular weight is 302 g/mol. The van der Waals surface area contributed by atoms with E-state index in [-0.39, 0.29) is 5.75 Å². The van der Waals surface area contributed by atoms with Gasteiger partial charge in [0.1, 0.15) is 5.75 Å². The third-order valence-corrected chi connectivity index (χ3v) is 4.53. The van der Waals surface area contributed by atoms with Crippen molar-refractivity contribution in [3.63, 3.8) is 0 Å². The van der Waals surface area contributed by atoms with Crippen molar-refractivity contribution in [2.75, 3.05) is 0 Å². The summed E-state index contributed by atoms with van der Waals surface area (Å²) in [6, 6.07) is 3.85. The van der Waals surface area contributed by atoms with Crippen molar-refractivity contribution < 1.29 is 5.11 Å². The largest absolute Gasteiger partial charge is 0.506 e. The predicted molar refractivity (Wildman–Crippen MR) is 81.0 cm³/mol. The zero-order valence-corrected chi connectivity index (χ0v) is 12.8. The number of rotatable bonds is 3. The van der Waals surface area contributed by atoms with E-state index >= 15 is 0 Å². The Morgan fingerprint density at radius 3 is 2.74 bits per heavy atom. The molecule has 1 aromatic rings. The fourth-order valence-electron chi connectivity index (χ4n) is 2.79. The molecule has 106 valence electrons. The molecule has 0 aliphatic heterocycles. The molecule has 1 aliphatic carbocycles. The first-order valence-electron chi connectivity index (χ1n) is 6.98. The Morgan fingerprint density at radius 1 is 1.21 bits per heavy atom. The van der Waals surface area contributed by atoms with Crippen LogP contribution in [0.3, 0.4) is 0 Å². The highest BCUT2D eigenvalue weighted by Crippen LogP contribution is 2.31. The molecule has 1 fully saturated rings. The minimum absolute atomic E-state index is 0.139. The van der Waals surface area contributed by atoms with Gasteiger partial charge < -0.3 is 10.4 Å². The molecule has 2 N–H and O–H groups in total. The third kappa shape index (κ3) is 4.01. The van der Waals surface area contributed by atoms with Crippen LogP contribution in [0.4, 0.5) is 0 Å². The predicted octanol–water partition coefficient (Wildman–Crippen LogP) is 4.76. The highest BCUT2D eigenvalue weighted by Gasteiger charge is 2.19. The third-order valence-electron chi connectivity index (χ3n) is 4.02. The van der Waals surface area contributed by atoms with E-state index in [4.69, 9.17) is 23.2 Å². The van der Waals surface area contributed by atoms with Gasteiger partial charge in [-0.05, 0) is 30.9 Å². The summed E-state index contributed by atoms with van der Waals surface area (Å²) in [6.07, 6.45) is 6.42. The summed E-state index contributed by atoms with van der Waals surface area (Å²) in [5.74, 6) is 0.819. The van der Waals surface area contributed by atoms with Gasteiger partial charge in [-0.25, -0.2) is 0 Å². The summed E-state index contributed by atoms with van der Waals surface area (Å²) in [5, 5.41) is 14.4. The summed E-state index contributed by atoms with van der Waals surface area (Å²) < 4.78 is 0. The van der Waals surface area contributed by atoms with Gasteiger partial charge in [-0.3, -0.25) is 0 Å². The second kappa shape index (κ2) is 6.83. The van der Waals surface area contributed by atoms with Crippen LogP contribution >= 0.6 is 23.2 Å². The molecule has 0 bridgehead atoms. The Balaban J connectivity index is 2.01. The summed E-state index contributed by atoms with van der Waals surface area (Å²) in [4.78, 5) is 0. The molecule has 2 atom stereocenters. The van der Waals surface area contributed by atoms with E-state index in [1.165, 1.54) is 32.1 Å². The van der Waals surface area contributed by atoms with Crippen molar-refractivity contribution in [3.8, 4) is 5.75 Å². The Morgan fingerprint density at radius 2 is 1.95 bits per heavy atom. The van der Waals surface area contributed by atoms with Crippen LogP contribution in [0.5, 0.6) is 5.75 Å². The molecule has 2 rings (SSSR count). The summed E-state index contributed by atoms with van der Waals surface area (Å²) in [5.41, 5.74) is 0.772. The monoisotopic (exact) mass is 301 g/mol. The Bertz CT molecular complexity index is 436. The molecule has 0 radical (unpaired) electrons. The number of halogens is 2. The second-order valence-corrected chi connectivity index (χ2v) is 6.34. The standard InChI is InChI=1S/C15H21Cl2NO/c1-10-5-3-2-4-6-14(10)18-9-11-7-12(16)8-13(17)15(11)19/h7-8,10,14,18-19H,2-6,9H2,1H3. The van der Waals surface area contributed by atoms with Gasteiger partial charge in [0.2, 0.25) is 0 Å². The highest BCUT2D eigenvalue weighted by atomic mass is 35.5. The first-order chi connectivity index (χ1) is 9.08.